The number of aromatic nitrogens is 1. The van der Waals surface area contributed by atoms with Crippen LogP contribution in [0.15, 0.2) is 24.5 Å². The van der Waals surface area contributed by atoms with E-state index in [-0.39, 0.29) is 11.9 Å². The largest absolute Gasteiger partial charge is 0.337 e. The lowest BCUT2D eigenvalue weighted by Gasteiger charge is -2.09. The van der Waals surface area contributed by atoms with Crippen LogP contribution in [0.1, 0.15) is 120 Å². The third-order valence-corrected chi connectivity index (χ3v) is 5.55. The number of nitrogens with zero attached hydrogens (tertiary/aromatic N) is 1. The Balaban J connectivity index is 1.79. The second kappa shape index (κ2) is 19.8. The SMILES string of the molecule is CCCCCCCCCCCCCCCCCCNC(=O)NNC(=O)c1ccncc1. The number of carbonyl (C=O) groups excluding carboxylic acids is 2. The summed E-state index contributed by atoms with van der Waals surface area (Å²) >= 11 is 0. The zero-order valence-electron chi connectivity index (χ0n) is 19.6. The van der Waals surface area contributed by atoms with E-state index in [1.807, 2.05) is 0 Å². The molecule has 0 fully saturated rings. The minimum absolute atomic E-state index is 0.361. The van der Waals surface area contributed by atoms with E-state index in [0.717, 1.165) is 12.8 Å². The van der Waals surface area contributed by atoms with Gasteiger partial charge in [-0.3, -0.25) is 15.2 Å². The molecule has 0 saturated carbocycles. The quantitative estimate of drug-likeness (QED) is 0.188. The summed E-state index contributed by atoms with van der Waals surface area (Å²) in [6.07, 6.45) is 24.4. The molecule has 0 unspecified atom stereocenters. The van der Waals surface area contributed by atoms with Crippen molar-refractivity contribution in [3.05, 3.63) is 30.1 Å². The Morgan fingerprint density at radius 2 is 1.13 bits per heavy atom. The maximum absolute atomic E-state index is 11.8. The number of hydrazine groups is 1. The van der Waals surface area contributed by atoms with Crippen molar-refractivity contribution < 1.29 is 9.59 Å². The summed E-state index contributed by atoms with van der Waals surface area (Å²) in [4.78, 5) is 27.3. The van der Waals surface area contributed by atoms with Crippen LogP contribution in [0.25, 0.3) is 0 Å². The van der Waals surface area contributed by atoms with E-state index in [1.54, 1.807) is 12.1 Å². The smallest absolute Gasteiger partial charge is 0.333 e. The van der Waals surface area contributed by atoms with Crippen LogP contribution < -0.4 is 16.2 Å². The number of hydrogen-bond acceptors (Lipinski definition) is 3. The number of nitrogens with one attached hydrogen (secondary N) is 3. The molecule has 0 aromatic carbocycles. The molecule has 1 rings (SSSR count). The van der Waals surface area contributed by atoms with E-state index < -0.39 is 0 Å². The van der Waals surface area contributed by atoms with Gasteiger partial charge in [-0.1, -0.05) is 103 Å². The molecule has 0 bridgehead atoms. The van der Waals surface area contributed by atoms with Gasteiger partial charge in [-0.15, -0.1) is 0 Å². The topological polar surface area (TPSA) is 83.1 Å². The molecule has 0 spiro atoms. The van der Waals surface area contributed by atoms with Crippen molar-refractivity contribution in [3.8, 4) is 0 Å². The van der Waals surface area contributed by atoms with Crippen molar-refractivity contribution in [2.24, 2.45) is 0 Å². The van der Waals surface area contributed by atoms with Crippen LogP contribution in [0.4, 0.5) is 4.79 Å². The highest BCUT2D eigenvalue weighted by atomic mass is 16.2. The molecule has 1 heterocycles. The minimum Gasteiger partial charge on any atom is -0.337 e. The van der Waals surface area contributed by atoms with Gasteiger partial charge < -0.3 is 5.32 Å². The predicted molar refractivity (Wildman–Crippen MR) is 128 cm³/mol. The second-order valence-electron chi connectivity index (χ2n) is 8.37. The lowest BCUT2D eigenvalue weighted by molar-refractivity contribution is 0.0936. The molecular weight excluding hydrogens is 388 g/mol. The highest BCUT2D eigenvalue weighted by Gasteiger charge is 2.06. The van der Waals surface area contributed by atoms with Gasteiger partial charge in [-0.05, 0) is 18.6 Å². The normalized spacial score (nSPS) is 10.6. The Kier molecular flexibility index (Phi) is 17.2. The standard InChI is InChI=1S/C25H44N4O2/c1-2-3-4-5-6-7-8-9-10-11-12-13-14-15-16-17-20-27-25(31)29-28-24(30)23-18-21-26-22-19-23/h18-19,21-22H,2-17,20H2,1H3,(H,28,30)(H2,27,29,31). The monoisotopic (exact) mass is 432 g/mol. The Morgan fingerprint density at radius 1 is 0.677 bits per heavy atom. The molecule has 31 heavy (non-hydrogen) atoms. The average molecular weight is 433 g/mol. The van der Waals surface area contributed by atoms with Crippen molar-refractivity contribution in [2.75, 3.05) is 6.54 Å². The fraction of sp³-hybridized carbons (Fsp3) is 0.720. The molecule has 0 radical (unpaired) electrons. The fourth-order valence-corrected chi connectivity index (χ4v) is 3.61. The molecule has 6 heteroatoms. The van der Waals surface area contributed by atoms with Gasteiger partial charge in [0.05, 0.1) is 0 Å². The molecule has 176 valence electrons. The van der Waals surface area contributed by atoms with Crippen molar-refractivity contribution in [1.82, 2.24) is 21.2 Å². The first-order chi connectivity index (χ1) is 15.2. The Bertz CT molecular complexity index is 566. The summed E-state index contributed by atoms with van der Waals surface area (Å²) in [5, 5.41) is 2.76. The van der Waals surface area contributed by atoms with Crippen molar-refractivity contribution in [1.29, 1.82) is 0 Å². The molecular formula is C25H44N4O2. The van der Waals surface area contributed by atoms with Crippen LogP contribution in [0.2, 0.25) is 0 Å². The molecule has 1 aromatic rings. The molecule has 3 N–H and O–H groups in total. The Morgan fingerprint density at radius 3 is 1.61 bits per heavy atom. The van der Waals surface area contributed by atoms with E-state index in [9.17, 15) is 9.59 Å². The summed E-state index contributed by atoms with van der Waals surface area (Å²) in [5.74, 6) is -0.361. The van der Waals surface area contributed by atoms with Crippen LogP contribution in [-0.4, -0.2) is 23.5 Å². The summed E-state index contributed by atoms with van der Waals surface area (Å²) < 4.78 is 0. The number of hydrogen-bond donors (Lipinski definition) is 3. The number of urea groups is 1. The lowest BCUT2D eigenvalue weighted by Crippen LogP contribution is -2.47. The van der Waals surface area contributed by atoms with Crippen LogP contribution in [0.5, 0.6) is 0 Å². The van der Waals surface area contributed by atoms with E-state index in [1.165, 1.54) is 102 Å². The van der Waals surface area contributed by atoms with Gasteiger partial charge in [0.15, 0.2) is 0 Å². The molecule has 0 atom stereocenters. The number of carbonyl (C=O) groups is 2. The zero-order chi connectivity index (χ0) is 22.4. The molecule has 0 aliphatic heterocycles. The van der Waals surface area contributed by atoms with E-state index in [4.69, 9.17) is 0 Å². The van der Waals surface area contributed by atoms with Gasteiger partial charge in [0, 0.05) is 24.5 Å². The van der Waals surface area contributed by atoms with Crippen molar-refractivity contribution in [3.63, 3.8) is 0 Å². The maximum atomic E-state index is 11.8. The first-order valence-electron chi connectivity index (χ1n) is 12.5. The predicted octanol–water partition coefficient (Wildman–Crippen LogP) is 6.29. The van der Waals surface area contributed by atoms with Crippen LogP contribution in [-0.2, 0) is 0 Å². The van der Waals surface area contributed by atoms with Gasteiger partial charge in [0.2, 0.25) is 0 Å². The first-order valence-corrected chi connectivity index (χ1v) is 12.5. The first kappa shape index (κ1) is 26.9. The Labute approximate surface area is 189 Å². The molecule has 0 aliphatic rings. The number of rotatable bonds is 18. The summed E-state index contributed by atoms with van der Waals surface area (Å²) in [6.45, 7) is 2.89. The molecule has 6 nitrogen and oxygen atoms in total. The van der Waals surface area contributed by atoms with Gasteiger partial charge >= 0.3 is 6.03 Å². The van der Waals surface area contributed by atoms with E-state index in [0.29, 0.717) is 12.1 Å². The van der Waals surface area contributed by atoms with E-state index in [2.05, 4.69) is 28.1 Å². The van der Waals surface area contributed by atoms with Gasteiger partial charge in [-0.2, -0.15) is 0 Å². The molecule has 1 aromatic heterocycles. The van der Waals surface area contributed by atoms with Crippen LogP contribution >= 0.6 is 0 Å². The number of amides is 3. The van der Waals surface area contributed by atoms with Crippen LogP contribution in [0.3, 0.4) is 0 Å². The molecule has 3 amide bonds. The van der Waals surface area contributed by atoms with Gasteiger partial charge in [0.1, 0.15) is 0 Å². The van der Waals surface area contributed by atoms with Crippen molar-refractivity contribution in [2.45, 2.75) is 110 Å². The van der Waals surface area contributed by atoms with Gasteiger partial charge in [0.25, 0.3) is 5.91 Å². The highest BCUT2D eigenvalue weighted by Crippen LogP contribution is 2.13. The maximum Gasteiger partial charge on any atom is 0.333 e. The average Bonchev–Trinajstić information content (AvgIpc) is 2.80. The molecule has 0 saturated heterocycles. The third-order valence-electron chi connectivity index (χ3n) is 5.55. The molecule has 0 aliphatic carbocycles. The Hall–Kier alpha value is -2.11. The second-order valence-corrected chi connectivity index (χ2v) is 8.37. The highest BCUT2D eigenvalue weighted by molar-refractivity contribution is 5.95. The van der Waals surface area contributed by atoms with Crippen molar-refractivity contribution >= 4 is 11.9 Å². The van der Waals surface area contributed by atoms with Gasteiger partial charge in [-0.25, -0.2) is 10.2 Å². The number of unbranched alkanes of at least 4 members (excludes halogenated alkanes) is 15. The number of pyridine rings is 1. The summed E-state index contributed by atoms with van der Waals surface area (Å²) in [6, 6.07) is 2.79. The lowest BCUT2D eigenvalue weighted by atomic mass is 10.0. The zero-order valence-corrected chi connectivity index (χ0v) is 19.6. The van der Waals surface area contributed by atoms with E-state index >= 15 is 0 Å². The van der Waals surface area contributed by atoms with Crippen LogP contribution in [0, 0.1) is 0 Å². The summed E-state index contributed by atoms with van der Waals surface area (Å²) in [5.41, 5.74) is 5.19. The minimum atomic E-state index is -0.386. The third kappa shape index (κ3) is 16.3. The summed E-state index contributed by atoms with van der Waals surface area (Å²) in [7, 11) is 0. The fourth-order valence-electron chi connectivity index (χ4n) is 3.61.